The highest BCUT2D eigenvalue weighted by Crippen LogP contribution is 2.29. The lowest BCUT2D eigenvalue weighted by molar-refractivity contribution is 1.37. The first-order valence-corrected chi connectivity index (χ1v) is 6.70. The molecule has 0 saturated heterocycles. The molecule has 0 spiro atoms. The van der Waals surface area contributed by atoms with E-state index in [-0.39, 0.29) is 0 Å². The summed E-state index contributed by atoms with van der Waals surface area (Å²) in [5.41, 5.74) is 2.38. The van der Waals surface area contributed by atoms with E-state index in [0.29, 0.717) is 0 Å². The largest absolute Gasteiger partial charge is 0.361 e. The van der Waals surface area contributed by atoms with Gasteiger partial charge in [0.15, 0.2) is 0 Å². The van der Waals surface area contributed by atoms with Gasteiger partial charge in [-0.2, -0.15) is 0 Å². The lowest BCUT2D eigenvalue weighted by atomic mass is 10.2. The maximum atomic E-state index is 3.22. The summed E-state index contributed by atoms with van der Waals surface area (Å²) in [7, 11) is 0. The van der Waals surface area contributed by atoms with Crippen LogP contribution in [0.5, 0.6) is 0 Å². The van der Waals surface area contributed by atoms with Crippen LogP contribution in [0.25, 0.3) is 11.3 Å². The fraction of sp³-hybridized carbons (Fsp3) is 0. The second-order valence-corrected chi connectivity index (χ2v) is 5.17. The highest BCUT2D eigenvalue weighted by molar-refractivity contribution is 7.99. The molecule has 2 heteroatoms. The number of nitrogens with one attached hydrogen (secondary N) is 1. The van der Waals surface area contributed by atoms with E-state index >= 15 is 0 Å². The maximum Gasteiger partial charge on any atom is 0.0453 e. The highest BCUT2D eigenvalue weighted by atomic mass is 32.2. The van der Waals surface area contributed by atoms with Crippen molar-refractivity contribution in [2.45, 2.75) is 9.79 Å². The van der Waals surface area contributed by atoms with Gasteiger partial charge in [0.25, 0.3) is 0 Å². The van der Waals surface area contributed by atoms with Crippen molar-refractivity contribution in [2.75, 3.05) is 0 Å². The molecule has 88 valence electrons. The zero-order valence-electron chi connectivity index (χ0n) is 9.84. The Kier molecular flexibility index (Phi) is 3.20. The van der Waals surface area contributed by atoms with Crippen molar-refractivity contribution in [3.63, 3.8) is 0 Å². The van der Waals surface area contributed by atoms with Crippen molar-refractivity contribution in [3.8, 4) is 11.3 Å². The molecular formula is C16H13NS. The van der Waals surface area contributed by atoms with E-state index in [1.807, 2.05) is 18.3 Å². The van der Waals surface area contributed by atoms with Gasteiger partial charge in [0.1, 0.15) is 0 Å². The molecule has 2 aromatic carbocycles. The van der Waals surface area contributed by atoms with Crippen molar-refractivity contribution in [2.24, 2.45) is 0 Å². The molecule has 18 heavy (non-hydrogen) atoms. The molecule has 1 heterocycles. The fourth-order valence-corrected chi connectivity index (χ4v) is 2.67. The zero-order chi connectivity index (χ0) is 12.2. The molecular weight excluding hydrogens is 238 g/mol. The molecule has 3 aromatic rings. The van der Waals surface area contributed by atoms with Crippen LogP contribution in [0.1, 0.15) is 0 Å². The van der Waals surface area contributed by atoms with Gasteiger partial charge in [-0.1, -0.05) is 42.1 Å². The molecule has 3 rings (SSSR count). The summed E-state index contributed by atoms with van der Waals surface area (Å²) < 4.78 is 0. The molecule has 0 bridgehead atoms. The summed E-state index contributed by atoms with van der Waals surface area (Å²) in [6.45, 7) is 0. The maximum absolute atomic E-state index is 3.22. The normalized spacial score (nSPS) is 10.4. The molecule has 0 aliphatic heterocycles. The molecule has 1 N–H and O–H groups in total. The van der Waals surface area contributed by atoms with Crippen molar-refractivity contribution in [1.29, 1.82) is 0 Å². The number of benzene rings is 2. The average molecular weight is 251 g/mol. The quantitative estimate of drug-likeness (QED) is 0.704. The van der Waals surface area contributed by atoms with E-state index in [2.05, 4.69) is 59.6 Å². The van der Waals surface area contributed by atoms with Crippen LogP contribution in [0.15, 0.2) is 82.7 Å². The topological polar surface area (TPSA) is 15.8 Å². The van der Waals surface area contributed by atoms with Crippen LogP contribution < -0.4 is 0 Å². The Hall–Kier alpha value is -1.93. The lowest BCUT2D eigenvalue weighted by Crippen LogP contribution is -1.77. The summed E-state index contributed by atoms with van der Waals surface area (Å²) in [5, 5.41) is 0. The van der Waals surface area contributed by atoms with Crippen LogP contribution >= 0.6 is 11.8 Å². The van der Waals surface area contributed by atoms with Gasteiger partial charge in [-0.05, 0) is 42.0 Å². The van der Waals surface area contributed by atoms with E-state index in [1.54, 1.807) is 11.8 Å². The Morgan fingerprint density at radius 1 is 0.667 bits per heavy atom. The number of hydrogen-bond acceptors (Lipinski definition) is 1. The van der Waals surface area contributed by atoms with Crippen LogP contribution in [0.3, 0.4) is 0 Å². The van der Waals surface area contributed by atoms with Gasteiger partial charge < -0.3 is 4.98 Å². The van der Waals surface area contributed by atoms with Crippen LogP contribution in [0.2, 0.25) is 0 Å². The van der Waals surface area contributed by atoms with E-state index in [9.17, 15) is 0 Å². The molecule has 1 nitrogen and oxygen atoms in total. The molecule has 1 aromatic heterocycles. The number of aromatic amines is 1. The molecule has 0 fully saturated rings. The van der Waals surface area contributed by atoms with Crippen LogP contribution in [-0.4, -0.2) is 4.98 Å². The second kappa shape index (κ2) is 5.15. The molecule has 0 aliphatic carbocycles. The average Bonchev–Trinajstić information content (AvgIpc) is 2.95. The van der Waals surface area contributed by atoms with E-state index in [1.165, 1.54) is 15.4 Å². The van der Waals surface area contributed by atoms with Gasteiger partial charge in [-0.3, -0.25) is 0 Å². The Labute approximate surface area is 111 Å². The minimum Gasteiger partial charge on any atom is -0.361 e. The van der Waals surface area contributed by atoms with E-state index in [0.717, 1.165) is 5.69 Å². The van der Waals surface area contributed by atoms with E-state index in [4.69, 9.17) is 0 Å². The number of H-pyrrole nitrogens is 1. The molecule has 0 atom stereocenters. The third kappa shape index (κ3) is 2.49. The number of hydrogen-bond donors (Lipinski definition) is 1. The van der Waals surface area contributed by atoms with Crippen LogP contribution in [0.4, 0.5) is 0 Å². The standard InChI is InChI=1S/C16H13NS/c1-2-5-14(6-3-1)18-15-10-8-13(9-11-15)16-7-4-12-17-16/h1-12,17H. The Morgan fingerprint density at radius 2 is 1.39 bits per heavy atom. The van der Waals surface area contributed by atoms with Gasteiger partial charge in [0, 0.05) is 21.7 Å². The summed E-state index contributed by atoms with van der Waals surface area (Å²) in [6.07, 6.45) is 1.95. The van der Waals surface area contributed by atoms with E-state index < -0.39 is 0 Å². The summed E-state index contributed by atoms with van der Waals surface area (Å²) in [4.78, 5) is 5.75. The van der Waals surface area contributed by atoms with Gasteiger partial charge in [0.05, 0.1) is 0 Å². The predicted octanol–water partition coefficient (Wildman–Crippen LogP) is 4.83. The lowest BCUT2D eigenvalue weighted by Gasteiger charge is -2.03. The summed E-state index contributed by atoms with van der Waals surface area (Å²) >= 11 is 1.78. The monoisotopic (exact) mass is 251 g/mol. The molecule has 0 saturated carbocycles. The van der Waals surface area contributed by atoms with Gasteiger partial charge in [-0.25, -0.2) is 0 Å². The minimum atomic E-state index is 1.16. The van der Waals surface area contributed by atoms with Crippen LogP contribution in [-0.2, 0) is 0 Å². The highest BCUT2D eigenvalue weighted by Gasteiger charge is 1.99. The second-order valence-electron chi connectivity index (χ2n) is 4.02. The number of rotatable bonds is 3. The predicted molar refractivity (Wildman–Crippen MR) is 76.8 cm³/mol. The van der Waals surface area contributed by atoms with Gasteiger partial charge in [-0.15, -0.1) is 0 Å². The molecule has 0 aliphatic rings. The molecule has 0 radical (unpaired) electrons. The first kappa shape index (κ1) is 11.2. The Bertz CT molecular complexity index is 597. The molecule has 0 amide bonds. The van der Waals surface area contributed by atoms with Gasteiger partial charge in [0.2, 0.25) is 0 Å². The fourth-order valence-electron chi connectivity index (χ4n) is 1.84. The Morgan fingerprint density at radius 3 is 2.06 bits per heavy atom. The van der Waals surface area contributed by atoms with Crippen LogP contribution in [0, 0.1) is 0 Å². The Balaban J connectivity index is 1.80. The summed E-state index contributed by atoms with van der Waals surface area (Å²) in [5.74, 6) is 0. The SMILES string of the molecule is c1ccc(Sc2ccc(-c3ccc[nH]3)cc2)cc1. The third-order valence-corrected chi connectivity index (χ3v) is 3.76. The number of aromatic nitrogens is 1. The van der Waals surface area contributed by atoms with Crippen molar-refractivity contribution in [1.82, 2.24) is 4.98 Å². The van der Waals surface area contributed by atoms with Crippen molar-refractivity contribution < 1.29 is 0 Å². The third-order valence-electron chi connectivity index (χ3n) is 2.74. The zero-order valence-corrected chi connectivity index (χ0v) is 10.7. The molecule has 0 unspecified atom stereocenters. The van der Waals surface area contributed by atoms with Crippen molar-refractivity contribution in [3.05, 3.63) is 72.9 Å². The first-order chi connectivity index (χ1) is 8.92. The minimum absolute atomic E-state index is 1.16. The van der Waals surface area contributed by atoms with Crippen molar-refractivity contribution >= 4 is 11.8 Å². The first-order valence-electron chi connectivity index (χ1n) is 5.88. The smallest absolute Gasteiger partial charge is 0.0453 e. The van der Waals surface area contributed by atoms with Gasteiger partial charge >= 0.3 is 0 Å². The summed E-state index contributed by atoms with van der Waals surface area (Å²) in [6, 6.07) is 23.1.